The standard InChI is InChI=1S/C16H22N2S/c1-19-16-9-5-4-8-15(16)18-11-12-10-17-14-7-3-2-6-13(12)14/h2-3,6-7,10,15-18H,4-5,8-9,11H2,1H3. The van der Waals surface area contributed by atoms with Crippen molar-refractivity contribution in [3.8, 4) is 0 Å². The van der Waals surface area contributed by atoms with E-state index in [9.17, 15) is 0 Å². The number of rotatable bonds is 4. The van der Waals surface area contributed by atoms with Gasteiger partial charge in [0.25, 0.3) is 0 Å². The summed E-state index contributed by atoms with van der Waals surface area (Å²) in [5.41, 5.74) is 2.63. The maximum Gasteiger partial charge on any atom is 0.0457 e. The molecule has 1 aromatic carbocycles. The highest BCUT2D eigenvalue weighted by Crippen LogP contribution is 2.27. The Hall–Kier alpha value is -0.930. The lowest BCUT2D eigenvalue weighted by atomic mass is 9.94. The van der Waals surface area contributed by atoms with E-state index in [1.165, 1.54) is 42.1 Å². The lowest BCUT2D eigenvalue weighted by Gasteiger charge is -2.31. The highest BCUT2D eigenvalue weighted by Gasteiger charge is 2.23. The Bertz CT molecular complexity index is 534. The van der Waals surface area contributed by atoms with Gasteiger partial charge in [-0.2, -0.15) is 11.8 Å². The molecule has 102 valence electrons. The first-order valence-electron chi connectivity index (χ1n) is 7.19. The summed E-state index contributed by atoms with van der Waals surface area (Å²) in [6, 6.07) is 9.23. The molecule has 2 N–H and O–H groups in total. The van der Waals surface area contributed by atoms with Gasteiger partial charge < -0.3 is 10.3 Å². The molecule has 2 atom stereocenters. The molecule has 1 aliphatic carbocycles. The molecule has 1 aliphatic rings. The predicted octanol–water partition coefficient (Wildman–Crippen LogP) is 3.93. The molecule has 0 bridgehead atoms. The summed E-state index contributed by atoms with van der Waals surface area (Å²) < 4.78 is 0. The van der Waals surface area contributed by atoms with E-state index < -0.39 is 0 Å². The summed E-state index contributed by atoms with van der Waals surface area (Å²) in [6.07, 6.45) is 9.87. The summed E-state index contributed by atoms with van der Waals surface area (Å²) in [5, 5.41) is 5.92. The van der Waals surface area contributed by atoms with Crippen LogP contribution in [0.3, 0.4) is 0 Å². The summed E-state index contributed by atoms with van der Waals surface area (Å²) in [4.78, 5) is 3.36. The maximum absolute atomic E-state index is 3.78. The van der Waals surface area contributed by atoms with Crippen LogP contribution in [-0.2, 0) is 6.54 Å². The smallest absolute Gasteiger partial charge is 0.0457 e. The number of H-pyrrole nitrogens is 1. The number of fused-ring (bicyclic) bond motifs is 1. The lowest BCUT2D eigenvalue weighted by molar-refractivity contribution is 0.383. The Balaban J connectivity index is 1.68. The van der Waals surface area contributed by atoms with Crippen LogP contribution in [0.4, 0.5) is 0 Å². The molecule has 1 fully saturated rings. The monoisotopic (exact) mass is 274 g/mol. The zero-order chi connectivity index (χ0) is 13.1. The molecule has 0 amide bonds. The van der Waals surface area contributed by atoms with Gasteiger partial charge in [-0.15, -0.1) is 0 Å². The van der Waals surface area contributed by atoms with Crippen LogP contribution in [-0.4, -0.2) is 22.5 Å². The number of hydrogen-bond donors (Lipinski definition) is 2. The van der Waals surface area contributed by atoms with Crippen molar-refractivity contribution in [2.24, 2.45) is 0 Å². The fourth-order valence-electron chi connectivity index (χ4n) is 3.13. The Morgan fingerprint density at radius 2 is 2.11 bits per heavy atom. The van der Waals surface area contributed by atoms with Crippen molar-refractivity contribution < 1.29 is 0 Å². The Morgan fingerprint density at radius 3 is 3.00 bits per heavy atom. The first-order valence-corrected chi connectivity index (χ1v) is 8.48. The first-order chi connectivity index (χ1) is 9.38. The van der Waals surface area contributed by atoms with Crippen LogP contribution in [0.1, 0.15) is 31.2 Å². The fourth-order valence-corrected chi connectivity index (χ4v) is 4.09. The van der Waals surface area contributed by atoms with Crippen molar-refractivity contribution in [3.05, 3.63) is 36.0 Å². The van der Waals surface area contributed by atoms with Gasteiger partial charge in [0.05, 0.1) is 0 Å². The normalized spacial score (nSPS) is 23.8. The molecule has 3 rings (SSSR count). The molecule has 3 heteroatoms. The van der Waals surface area contributed by atoms with Gasteiger partial charge in [0, 0.05) is 34.9 Å². The number of nitrogens with one attached hydrogen (secondary N) is 2. The van der Waals surface area contributed by atoms with Crippen LogP contribution in [0.2, 0.25) is 0 Å². The second kappa shape index (κ2) is 6.02. The van der Waals surface area contributed by atoms with Gasteiger partial charge >= 0.3 is 0 Å². The highest BCUT2D eigenvalue weighted by molar-refractivity contribution is 7.99. The summed E-state index contributed by atoms with van der Waals surface area (Å²) in [7, 11) is 0. The van der Waals surface area contributed by atoms with E-state index in [0.29, 0.717) is 6.04 Å². The van der Waals surface area contributed by atoms with Gasteiger partial charge in [0.1, 0.15) is 0 Å². The quantitative estimate of drug-likeness (QED) is 0.884. The molecule has 0 saturated heterocycles. The van der Waals surface area contributed by atoms with Gasteiger partial charge in [0.15, 0.2) is 0 Å². The van der Waals surface area contributed by atoms with Crippen molar-refractivity contribution in [2.45, 2.75) is 43.5 Å². The average Bonchev–Trinajstić information content (AvgIpc) is 2.89. The molecule has 1 aromatic heterocycles. The topological polar surface area (TPSA) is 27.8 Å². The predicted molar refractivity (Wildman–Crippen MR) is 84.7 cm³/mol. The minimum absolute atomic E-state index is 0.678. The first kappa shape index (κ1) is 13.1. The SMILES string of the molecule is CSC1CCCCC1NCc1c[nH]c2ccccc12. The molecular formula is C16H22N2S. The number of hydrogen-bond acceptors (Lipinski definition) is 2. The number of aromatic nitrogens is 1. The van der Waals surface area contributed by atoms with E-state index in [1.807, 2.05) is 11.8 Å². The Morgan fingerprint density at radius 1 is 1.26 bits per heavy atom. The number of benzene rings is 1. The van der Waals surface area contributed by atoms with E-state index in [-0.39, 0.29) is 0 Å². The molecule has 2 unspecified atom stereocenters. The highest BCUT2D eigenvalue weighted by atomic mass is 32.2. The summed E-state index contributed by atoms with van der Waals surface area (Å²) in [6.45, 7) is 0.978. The average molecular weight is 274 g/mol. The van der Waals surface area contributed by atoms with Gasteiger partial charge in [-0.3, -0.25) is 0 Å². The second-order valence-electron chi connectivity index (χ2n) is 5.41. The van der Waals surface area contributed by atoms with Gasteiger partial charge in [-0.25, -0.2) is 0 Å². The van der Waals surface area contributed by atoms with Crippen LogP contribution < -0.4 is 5.32 Å². The number of thioether (sulfide) groups is 1. The minimum Gasteiger partial charge on any atom is -0.361 e. The molecular weight excluding hydrogens is 252 g/mol. The molecule has 0 aliphatic heterocycles. The van der Waals surface area contributed by atoms with Gasteiger partial charge in [-0.1, -0.05) is 31.0 Å². The molecule has 0 spiro atoms. The fraction of sp³-hybridized carbons (Fsp3) is 0.500. The molecule has 0 radical (unpaired) electrons. The third-order valence-electron chi connectivity index (χ3n) is 4.23. The van der Waals surface area contributed by atoms with Crippen LogP contribution in [0.25, 0.3) is 10.9 Å². The van der Waals surface area contributed by atoms with Crippen LogP contribution >= 0.6 is 11.8 Å². The summed E-state index contributed by atoms with van der Waals surface area (Å²) in [5.74, 6) is 0. The van der Waals surface area contributed by atoms with Gasteiger partial charge in [-0.05, 0) is 30.7 Å². The number of para-hydroxylation sites is 1. The largest absolute Gasteiger partial charge is 0.361 e. The van der Waals surface area contributed by atoms with Crippen molar-refractivity contribution in [3.63, 3.8) is 0 Å². The van der Waals surface area contributed by atoms with Crippen molar-refractivity contribution in [1.29, 1.82) is 0 Å². The maximum atomic E-state index is 3.78. The molecule has 2 nitrogen and oxygen atoms in total. The minimum atomic E-state index is 0.678. The number of aromatic amines is 1. The second-order valence-corrected chi connectivity index (χ2v) is 6.48. The third-order valence-corrected chi connectivity index (χ3v) is 5.40. The van der Waals surface area contributed by atoms with Crippen molar-refractivity contribution in [2.75, 3.05) is 6.26 Å². The van der Waals surface area contributed by atoms with E-state index in [1.54, 1.807) is 0 Å². The zero-order valence-electron chi connectivity index (χ0n) is 11.5. The van der Waals surface area contributed by atoms with Crippen LogP contribution in [0.15, 0.2) is 30.5 Å². The van der Waals surface area contributed by atoms with Crippen LogP contribution in [0.5, 0.6) is 0 Å². The van der Waals surface area contributed by atoms with Gasteiger partial charge in [0.2, 0.25) is 0 Å². The lowest BCUT2D eigenvalue weighted by Crippen LogP contribution is -2.39. The zero-order valence-corrected chi connectivity index (χ0v) is 12.3. The molecule has 2 aromatic rings. The third kappa shape index (κ3) is 2.82. The molecule has 1 heterocycles. The molecule has 19 heavy (non-hydrogen) atoms. The Labute approximate surface area is 119 Å². The van der Waals surface area contributed by atoms with Crippen LogP contribution in [0, 0.1) is 0 Å². The van der Waals surface area contributed by atoms with E-state index >= 15 is 0 Å². The van der Waals surface area contributed by atoms with E-state index in [2.05, 4.69) is 47.0 Å². The van der Waals surface area contributed by atoms with E-state index in [0.717, 1.165) is 11.8 Å². The van der Waals surface area contributed by atoms with Crippen molar-refractivity contribution >= 4 is 22.7 Å². The Kier molecular flexibility index (Phi) is 4.14. The summed E-state index contributed by atoms with van der Waals surface area (Å²) >= 11 is 2.02. The van der Waals surface area contributed by atoms with Crippen molar-refractivity contribution in [1.82, 2.24) is 10.3 Å². The molecule has 1 saturated carbocycles. The van der Waals surface area contributed by atoms with E-state index in [4.69, 9.17) is 0 Å².